The van der Waals surface area contributed by atoms with Crippen LogP contribution in [-0.2, 0) is 6.42 Å². The topological polar surface area (TPSA) is 62.0 Å². The zero-order chi connectivity index (χ0) is 21.0. The van der Waals surface area contributed by atoms with Crippen molar-refractivity contribution in [2.75, 3.05) is 6.54 Å². The second-order valence-corrected chi connectivity index (χ2v) is 8.40. The van der Waals surface area contributed by atoms with Crippen LogP contribution in [0.4, 0.5) is 0 Å². The van der Waals surface area contributed by atoms with Crippen LogP contribution in [-0.4, -0.2) is 23.1 Å². The van der Waals surface area contributed by atoms with E-state index >= 15 is 0 Å². The van der Waals surface area contributed by atoms with E-state index in [-0.39, 0.29) is 24.2 Å². The van der Waals surface area contributed by atoms with E-state index in [1.807, 2.05) is 19.9 Å². The van der Waals surface area contributed by atoms with Crippen LogP contribution in [0.2, 0.25) is 0 Å². The molecule has 2 heterocycles. The first-order valence-electron chi connectivity index (χ1n) is 10.0. The van der Waals surface area contributed by atoms with Crippen LogP contribution >= 0.6 is 11.3 Å². The molecule has 0 fully saturated rings. The van der Waals surface area contributed by atoms with Crippen molar-refractivity contribution in [2.24, 2.45) is 0 Å². The van der Waals surface area contributed by atoms with Gasteiger partial charge in [0.15, 0.2) is 11.6 Å². The number of thiophene rings is 1. The summed E-state index contributed by atoms with van der Waals surface area (Å²) in [4.78, 5) is 29.0. The smallest absolute Gasteiger partial charge is 0.193 e. The molecule has 0 saturated carbocycles. The third kappa shape index (κ3) is 4.74. The predicted molar refractivity (Wildman–Crippen MR) is 119 cm³/mol. The van der Waals surface area contributed by atoms with Crippen LogP contribution < -0.4 is 5.32 Å². The summed E-state index contributed by atoms with van der Waals surface area (Å²) in [5.74, 6) is -0.0610. The van der Waals surface area contributed by atoms with Gasteiger partial charge in [0.1, 0.15) is 0 Å². The molecule has 0 aliphatic heterocycles. The Labute approximate surface area is 176 Å². The van der Waals surface area contributed by atoms with Gasteiger partial charge in [-0.05, 0) is 55.3 Å². The molecule has 0 aliphatic rings. The van der Waals surface area contributed by atoms with Gasteiger partial charge in [-0.3, -0.25) is 14.9 Å². The molecule has 29 heavy (non-hydrogen) atoms. The van der Waals surface area contributed by atoms with Gasteiger partial charge in [-0.15, -0.1) is 11.3 Å². The number of ketones is 2. The lowest BCUT2D eigenvalue weighted by atomic mass is 10.0. The summed E-state index contributed by atoms with van der Waals surface area (Å²) in [5.41, 5.74) is 5.09. The van der Waals surface area contributed by atoms with E-state index in [2.05, 4.69) is 52.9 Å². The molecule has 4 nitrogen and oxygen atoms in total. The number of carbonyl (C=O) groups excluding carboxylic acids is 2. The second kappa shape index (κ2) is 9.33. The van der Waals surface area contributed by atoms with Crippen molar-refractivity contribution < 1.29 is 9.59 Å². The Balaban J connectivity index is 1.80. The zero-order valence-corrected chi connectivity index (χ0v) is 18.3. The molecule has 3 rings (SSSR count). The monoisotopic (exact) mass is 408 g/mol. The molecule has 152 valence electrons. The minimum absolute atomic E-state index is 0.0214. The van der Waals surface area contributed by atoms with Crippen LogP contribution in [0, 0.1) is 13.8 Å². The Morgan fingerprint density at radius 2 is 1.86 bits per heavy atom. The lowest BCUT2D eigenvalue weighted by Gasteiger charge is -2.18. The Hall–Kier alpha value is -2.50. The van der Waals surface area contributed by atoms with E-state index in [9.17, 15) is 9.59 Å². The minimum Gasteiger partial charge on any atom is -0.355 e. The first-order chi connectivity index (χ1) is 13.9. The van der Waals surface area contributed by atoms with Crippen LogP contribution in [0.1, 0.15) is 74.4 Å². The number of H-pyrrole nitrogens is 1. The van der Waals surface area contributed by atoms with E-state index < -0.39 is 0 Å². The molecule has 3 aromatic rings. The van der Waals surface area contributed by atoms with Gasteiger partial charge >= 0.3 is 0 Å². The molecule has 0 amide bonds. The third-order valence-electron chi connectivity index (χ3n) is 5.21. The van der Waals surface area contributed by atoms with Crippen molar-refractivity contribution in [1.82, 2.24) is 10.3 Å². The third-order valence-corrected chi connectivity index (χ3v) is 6.15. The molecular weight excluding hydrogens is 380 g/mol. The summed E-state index contributed by atoms with van der Waals surface area (Å²) in [7, 11) is 0. The number of rotatable bonds is 9. The zero-order valence-electron chi connectivity index (χ0n) is 17.5. The Morgan fingerprint density at radius 1 is 1.14 bits per heavy atom. The average Bonchev–Trinajstić information content (AvgIpc) is 3.31. The summed E-state index contributed by atoms with van der Waals surface area (Å²) < 4.78 is 0. The van der Waals surface area contributed by atoms with Crippen molar-refractivity contribution in [3.63, 3.8) is 0 Å². The minimum atomic E-state index is -0.0433. The van der Waals surface area contributed by atoms with Crippen LogP contribution in [0.5, 0.6) is 0 Å². The molecule has 0 spiro atoms. The molecule has 1 aromatic carbocycles. The molecule has 0 radical (unpaired) electrons. The first kappa shape index (κ1) is 21.2. The van der Waals surface area contributed by atoms with Crippen LogP contribution in [0.3, 0.4) is 0 Å². The van der Waals surface area contributed by atoms with Gasteiger partial charge in [-0.25, -0.2) is 0 Å². The number of carbonyl (C=O) groups is 2. The Kier molecular flexibility index (Phi) is 6.83. The second-order valence-electron chi connectivity index (χ2n) is 7.43. The quantitative estimate of drug-likeness (QED) is 0.465. The molecule has 5 heteroatoms. The number of nitrogens with one attached hydrogen (secondary N) is 2. The van der Waals surface area contributed by atoms with E-state index in [0.29, 0.717) is 11.3 Å². The summed E-state index contributed by atoms with van der Waals surface area (Å²) in [6.45, 7) is 7.57. The fourth-order valence-electron chi connectivity index (χ4n) is 3.84. The largest absolute Gasteiger partial charge is 0.355 e. The van der Waals surface area contributed by atoms with Crippen LogP contribution in [0.15, 0.2) is 41.8 Å². The first-order valence-corrected chi connectivity index (χ1v) is 10.9. The van der Waals surface area contributed by atoms with Gasteiger partial charge in [0, 0.05) is 16.1 Å². The predicted octanol–water partition coefficient (Wildman–Crippen LogP) is 5.41. The van der Waals surface area contributed by atoms with Crippen molar-refractivity contribution in [3.8, 4) is 0 Å². The molecule has 0 aliphatic carbocycles. The van der Waals surface area contributed by atoms with E-state index in [4.69, 9.17) is 0 Å². The van der Waals surface area contributed by atoms with Crippen LogP contribution in [0.25, 0.3) is 0 Å². The number of aromatic amines is 1. The highest BCUT2D eigenvalue weighted by Gasteiger charge is 2.22. The number of hydrogen-bond acceptors (Lipinski definition) is 4. The number of benzene rings is 1. The Morgan fingerprint density at radius 3 is 2.41 bits per heavy atom. The van der Waals surface area contributed by atoms with Crippen molar-refractivity contribution >= 4 is 22.9 Å². The summed E-state index contributed by atoms with van der Waals surface area (Å²) >= 11 is 1.68. The Bertz CT molecular complexity index is 985. The van der Waals surface area contributed by atoms with Crippen molar-refractivity contribution in [2.45, 2.75) is 46.6 Å². The van der Waals surface area contributed by atoms with Gasteiger partial charge in [0.2, 0.25) is 0 Å². The highest BCUT2D eigenvalue weighted by Crippen LogP contribution is 2.27. The summed E-state index contributed by atoms with van der Waals surface area (Å²) in [6.07, 6.45) is 2.19. The maximum atomic E-state index is 12.9. The van der Waals surface area contributed by atoms with Crippen molar-refractivity contribution in [3.05, 3.63) is 80.3 Å². The highest BCUT2D eigenvalue weighted by atomic mass is 32.1. The normalized spacial score (nSPS) is 12.1. The SMILES string of the molecule is CCCc1ccc([C@H](NCC(=O)c2[nH]c(C)c(C(C)=O)c2C)c2cccs2)cc1. The van der Waals surface area contributed by atoms with Gasteiger partial charge in [-0.1, -0.05) is 43.7 Å². The molecule has 2 aromatic heterocycles. The summed E-state index contributed by atoms with van der Waals surface area (Å²) in [5, 5.41) is 5.48. The van der Waals surface area contributed by atoms with Gasteiger partial charge in [-0.2, -0.15) is 0 Å². The molecule has 0 saturated heterocycles. The fraction of sp³-hybridized carbons (Fsp3) is 0.333. The number of aryl methyl sites for hydroxylation is 2. The maximum absolute atomic E-state index is 12.9. The van der Waals surface area contributed by atoms with Crippen molar-refractivity contribution in [1.29, 1.82) is 0 Å². The highest BCUT2D eigenvalue weighted by molar-refractivity contribution is 7.10. The molecule has 0 bridgehead atoms. The van der Waals surface area contributed by atoms with Gasteiger partial charge < -0.3 is 4.98 Å². The number of Topliss-reactive ketones (excluding diaryl/α,β-unsaturated/α-hetero) is 2. The lowest BCUT2D eigenvalue weighted by Crippen LogP contribution is -2.28. The van der Waals surface area contributed by atoms with E-state index in [1.165, 1.54) is 17.4 Å². The van der Waals surface area contributed by atoms with Gasteiger partial charge in [0.25, 0.3) is 0 Å². The van der Waals surface area contributed by atoms with E-state index in [1.54, 1.807) is 11.3 Å². The fourth-order valence-corrected chi connectivity index (χ4v) is 4.67. The maximum Gasteiger partial charge on any atom is 0.193 e. The molecule has 0 unspecified atom stereocenters. The summed E-state index contributed by atoms with van der Waals surface area (Å²) in [6, 6.07) is 12.7. The molecular formula is C24H28N2O2S. The van der Waals surface area contributed by atoms with Gasteiger partial charge in [0.05, 0.1) is 18.3 Å². The number of aromatic nitrogens is 1. The molecule has 1 atom stereocenters. The lowest BCUT2D eigenvalue weighted by molar-refractivity contribution is 0.0983. The molecule has 2 N–H and O–H groups in total. The van der Waals surface area contributed by atoms with E-state index in [0.717, 1.165) is 29.7 Å². The average molecular weight is 409 g/mol. The number of hydrogen-bond donors (Lipinski definition) is 2. The standard InChI is InChI=1S/C24H28N2O2S/c1-5-7-18-9-11-19(12-10-18)24(21-8-6-13-29-21)25-14-20(28)23-15(2)22(17(4)27)16(3)26-23/h6,8-13,24-26H,5,7,14H2,1-4H3/t24-/m0/s1.